The van der Waals surface area contributed by atoms with Gasteiger partial charge < -0.3 is 4.74 Å². The summed E-state index contributed by atoms with van der Waals surface area (Å²) in [5.74, 6) is 0.403. The summed E-state index contributed by atoms with van der Waals surface area (Å²) in [5, 5.41) is 0. The maximum Gasteiger partial charge on any atom is 0.153 e. The Balaban J connectivity index is 2.77. The Morgan fingerprint density at radius 1 is 1.38 bits per heavy atom. The second-order valence-corrected chi connectivity index (χ2v) is 5.85. The van der Waals surface area contributed by atoms with Crippen LogP contribution in [-0.4, -0.2) is 33.3 Å². The molecule has 1 aromatic carbocycles. The molecule has 1 rings (SSSR count). The van der Waals surface area contributed by atoms with Gasteiger partial charge in [-0.05, 0) is 18.6 Å². The number of carbonyl (C=O) groups excluding carboxylic acids is 1. The summed E-state index contributed by atoms with van der Waals surface area (Å²) < 4.78 is 27.1. The summed E-state index contributed by atoms with van der Waals surface area (Å²) in [6, 6.07) is 5.20. The van der Waals surface area contributed by atoms with E-state index in [0.29, 0.717) is 17.6 Å². The molecule has 0 heterocycles. The van der Waals surface area contributed by atoms with Crippen LogP contribution in [0.2, 0.25) is 0 Å². The van der Waals surface area contributed by atoms with E-state index < -0.39 is 9.84 Å². The van der Waals surface area contributed by atoms with Gasteiger partial charge in [-0.15, -0.1) is 0 Å². The third-order valence-corrected chi connectivity index (χ3v) is 2.98. The first kappa shape index (κ1) is 12.7. The smallest absolute Gasteiger partial charge is 0.153 e. The molecule has 0 N–H and O–H groups in total. The number of benzene rings is 1. The first-order valence-electron chi connectivity index (χ1n) is 4.79. The molecule has 0 spiro atoms. The topological polar surface area (TPSA) is 60.4 Å². The van der Waals surface area contributed by atoms with Crippen LogP contribution in [0, 0.1) is 6.92 Å². The minimum Gasteiger partial charge on any atom is -0.492 e. The van der Waals surface area contributed by atoms with Gasteiger partial charge in [0.2, 0.25) is 0 Å². The Morgan fingerprint density at radius 2 is 2.06 bits per heavy atom. The highest BCUT2D eigenvalue weighted by Crippen LogP contribution is 2.21. The van der Waals surface area contributed by atoms with Crippen molar-refractivity contribution < 1.29 is 17.9 Å². The van der Waals surface area contributed by atoms with E-state index in [4.69, 9.17) is 4.74 Å². The van der Waals surface area contributed by atoms with Crippen molar-refractivity contribution in [3.05, 3.63) is 29.3 Å². The Kier molecular flexibility index (Phi) is 4.06. The predicted molar refractivity (Wildman–Crippen MR) is 61.8 cm³/mol. The molecule has 0 saturated heterocycles. The molecule has 88 valence electrons. The van der Waals surface area contributed by atoms with Crippen molar-refractivity contribution >= 4 is 16.1 Å². The van der Waals surface area contributed by atoms with E-state index in [1.807, 2.05) is 13.0 Å². The van der Waals surface area contributed by atoms with Crippen LogP contribution in [0.1, 0.15) is 15.9 Å². The van der Waals surface area contributed by atoms with Gasteiger partial charge in [-0.25, -0.2) is 8.42 Å². The largest absolute Gasteiger partial charge is 0.492 e. The Labute approximate surface area is 95.2 Å². The van der Waals surface area contributed by atoms with Crippen LogP contribution in [0.15, 0.2) is 18.2 Å². The highest BCUT2D eigenvalue weighted by atomic mass is 32.2. The SMILES string of the molecule is Cc1cccc(C=O)c1OCCS(C)(=O)=O. The van der Waals surface area contributed by atoms with E-state index >= 15 is 0 Å². The molecule has 0 fully saturated rings. The number of aryl methyl sites for hydroxylation is 1. The summed E-state index contributed by atoms with van der Waals surface area (Å²) in [6.45, 7) is 1.87. The molecule has 1 aromatic rings. The average molecular weight is 242 g/mol. The van der Waals surface area contributed by atoms with Gasteiger partial charge in [0, 0.05) is 6.26 Å². The number of hydrogen-bond donors (Lipinski definition) is 0. The molecule has 0 aliphatic heterocycles. The third-order valence-electron chi connectivity index (χ3n) is 2.07. The Bertz CT molecular complexity index is 477. The molecule has 4 nitrogen and oxygen atoms in total. The lowest BCUT2D eigenvalue weighted by Gasteiger charge is -2.10. The highest BCUT2D eigenvalue weighted by molar-refractivity contribution is 7.90. The maximum atomic E-state index is 10.9. The van der Waals surface area contributed by atoms with Crippen molar-refractivity contribution in [3.63, 3.8) is 0 Å². The molecule has 0 aliphatic rings. The van der Waals surface area contributed by atoms with Crippen LogP contribution in [0.25, 0.3) is 0 Å². The van der Waals surface area contributed by atoms with E-state index in [1.165, 1.54) is 0 Å². The summed E-state index contributed by atoms with van der Waals surface area (Å²) in [4.78, 5) is 10.7. The fourth-order valence-corrected chi connectivity index (χ4v) is 1.65. The van der Waals surface area contributed by atoms with Gasteiger partial charge in [-0.2, -0.15) is 0 Å². The molecule has 0 bridgehead atoms. The second kappa shape index (κ2) is 5.12. The van der Waals surface area contributed by atoms with Crippen LogP contribution >= 0.6 is 0 Å². The minimum atomic E-state index is -3.04. The molecule has 5 heteroatoms. The van der Waals surface area contributed by atoms with E-state index in [0.717, 1.165) is 11.8 Å². The minimum absolute atomic E-state index is 0.0559. The first-order chi connectivity index (χ1) is 7.44. The van der Waals surface area contributed by atoms with Crippen molar-refractivity contribution in [2.75, 3.05) is 18.6 Å². The molecule has 0 radical (unpaired) electrons. The fourth-order valence-electron chi connectivity index (χ4n) is 1.26. The molecular formula is C11H14O4S. The van der Waals surface area contributed by atoms with Gasteiger partial charge in [-0.3, -0.25) is 4.79 Å². The van der Waals surface area contributed by atoms with Crippen molar-refractivity contribution in [3.8, 4) is 5.75 Å². The summed E-state index contributed by atoms with van der Waals surface area (Å²) in [6.07, 6.45) is 1.84. The number of carbonyl (C=O) groups is 1. The van der Waals surface area contributed by atoms with E-state index in [1.54, 1.807) is 12.1 Å². The van der Waals surface area contributed by atoms with Crippen LogP contribution in [0.3, 0.4) is 0 Å². The number of rotatable bonds is 5. The molecule has 0 atom stereocenters. The number of aldehydes is 1. The quantitative estimate of drug-likeness (QED) is 0.729. The maximum absolute atomic E-state index is 10.9. The summed E-state index contributed by atoms with van der Waals surface area (Å²) in [7, 11) is -3.04. The zero-order valence-electron chi connectivity index (χ0n) is 9.26. The molecule has 0 saturated carbocycles. The van der Waals surface area contributed by atoms with Crippen molar-refractivity contribution in [2.45, 2.75) is 6.92 Å². The van der Waals surface area contributed by atoms with Crippen molar-refractivity contribution in [1.82, 2.24) is 0 Å². The lowest BCUT2D eigenvalue weighted by atomic mass is 10.1. The number of hydrogen-bond acceptors (Lipinski definition) is 4. The number of ether oxygens (including phenoxy) is 1. The van der Waals surface area contributed by atoms with Crippen LogP contribution in [-0.2, 0) is 9.84 Å². The molecule has 16 heavy (non-hydrogen) atoms. The zero-order valence-corrected chi connectivity index (χ0v) is 10.1. The van der Waals surface area contributed by atoms with Gasteiger partial charge in [0.15, 0.2) is 16.1 Å². The highest BCUT2D eigenvalue weighted by Gasteiger charge is 2.08. The number of para-hydroxylation sites is 1. The third kappa shape index (κ3) is 3.66. The van der Waals surface area contributed by atoms with Gasteiger partial charge in [-0.1, -0.05) is 12.1 Å². The normalized spacial score (nSPS) is 11.1. The van der Waals surface area contributed by atoms with Crippen LogP contribution < -0.4 is 4.74 Å². The molecular weight excluding hydrogens is 228 g/mol. The Hall–Kier alpha value is -1.36. The zero-order chi connectivity index (χ0) is 12.2. The van der Waals surface area contributed by atoms with Gasteiger partial charge in [0.05, 0.1) is 11.3 Å². The van der Waals surface area contributed by atoms with Gasteiger partial charge in [0.1, 0.15) is 12.4 Å². The summed E-state index contributed by atoms with van der Waals surface area (Å²) in [5.41, 5.74) is 1.26. The van der Waals surface area contributed by atoms with E-state index in [-0.39, 0.29) is 12.4 Å². The molecule has 0 aromatic heterocycles. The van der Waals surface area contributed by atoms with Crippen LogP contribution in [0.4, 0.5) is 0 Å². The van der Waals surface area contributed by atoms with Gasteiger partial charge in [0.25, 0.3) is 0 Å². The van der Waals surface area contributed by atoms with Crippen LogP contribution in [0.5, 0.6) is 5.75 Å². The average Bonchev–Trinajstić information content (AvgIpc) is 2.18. The van der Waals surface area contributed by atoms with Gasteiger partial charge >= 0.3 is 0 Å². The predicted octanol–water partition coefficient (Wildman–Crippen LogP) is 1.23. The van der Waals surface area contributed by atoms with Crippen molar-refractivity contribution in [1.29, 1.82) is 0 Å². The van der Waals surface area contributed by atoms with Crippen molar-refractivity contribution in [2.24, 2.45) is 0 Å². The fraction of sp³-hybridized carbons (Fsp3) is 0.364. The molecule has 0 amide bonds. The first-order valence-corrected chi connectivity index (χ1v) is 6.85. The summed E-state index contributed by atoms with van der Waals surface area (Å²) >= 11 is 0. The lowest BCUT2D eigenvalue weighted by Crippen LogP contribution is -2.13. The second-order valence-electron chi connectivity index (χ2n) is 3.59. The molecule has 0 unspecified atom stereocenters. The van der Waals surface area contributed by atoms with E-state index in [9.17, 15) is 13.2 Å². The number of sulfone groups is 1. The lowest BCUT2D eigenvalue weighted by molar-refractivity contribution is 0.111. The van der Waals surface area contributed by atoms with E-state index in [2.05, 4.69) is 0 Å². The Morgan fingerprint density at radius 3 is 2.62 bits per heavy atom. The standard InChI is InChI=1S/C11H14O4S/c1-9-4-3-5-10(8-12)11(9)15-6-7-16(2,13)14/h3-5,8H,6-7H2,1-2H3. The molecule has 0 aliphatic carbocycles. The monoisotopic (exact) mass is 242 g/mol.